The van der Waals surface area contributed by atoms with Gasteiger partial charge in [-0.3, -0.25) is 0 Å². The van der Waals surface area contributed by atoms with Crippen LogP contribution in [0.1, 0.15) is 25.4 Å². The number of alkyl halides is 3. The maximum absolute atomic E-state index is 12.7. The van der Waals surface area contributed by atoms with Crippen LogP contribution in [0.3, 0.4) is 0 Å². The lowest BCUT2D eigenvalue weighted by atomic mass is 9.98. The molecule has 8 nitrogen and oxygen atoms in total. The Kier molecular flexibility index (Phi) is 7.66. The van der Waals surface area contributed by atoms with E-state index in [1.54, 1.807) is 57.2 Å². The van der Waals surface area contributed by atoms with Gasteiger partial charge in [0.25, 0.3) is 0 Å². The second kappa shape index (κ2) is 10.9. The molecule has 0 spiro atoms. The second-order valence-electron chi connectivity index (χ2n) is 10.3. The molecule has 43 heavy (non-hydrogen) atoms. The van der Waals surface area contributed by atoms with Gasteiger partial charge in [0.2, 0.25) is 0 Å². The first-order valence-electron chi connectivity index (χ1n) is 12.8. The number of rotatable bonds is 7. The Labute approximate surface area is 250 Å². The fraction of sp³-hybridized carbons (Fsp3) is 0.200. The average Bonchev–Trinajstić information content (AvgIpc) is 3.50. The minimum absolute atomic E-state index is 0.140. The van der Waals surface area contributed by atoms with Crippen LogP contribution in [0.2, 0.25) is 5.02 Å². The normalized spacial score (nSPS) is 12.5. The molecule has 0 radical (unpaired) electrons. The van der Waals surface area contributed by atoms with Gasteiger partial charge in [0.05, 0.1) is 15.6 Å². The van der Waals surface area contributed by atoms with Crippen LogP contribution in [0.5, 0.6) is 5.75 Å². The number of aromatic nitrogens is 3. The van der Waals surface area contributed by atoms with Crippen LogP contribution in [0.15, 0.2) is 82.2 Å². The molecule has 2 aromatic heterocycles. The van der Waals surface area contributed by atoms with E-state index >= 15 is 0 Å². The average molecular weight is 632 g/mol. The van der Waals surface area contributed by atoms with Crippen molar-refractivity contribution < 1.29 is 35.8 Å². The van der Waals surface area contributed by atoms with Crippen LogP contribution in [0, 0.1) is 6.92 Å². The first-order valence-corrected chi connectivity index (χ1v) is 15.0. The SMILES string of the molecule is Cc1nc(-c2ccc(OC(F)(F)F)cc2)c(-c2cc(-c3cccc(S(C)(=O)=O)c3)ccc2-n2cc(Cl)c(C(C)(C)O)n2)o1. The number of sulfone groups is 1. The van der Waals surface area contributed by atoms with Crippen LogP contribution in [0.25, 0.3) is 39.4 Å². The van der Waals surface area contributed by atoms with Gasteiger partial charge in [-0.2, -0.15) is 5.10 Å². The molecular formula is C30H25ClF3N3O5S. The summed E-state index contributed by atoms with van der Waals surface area (Å²) in [5.74, 6) is 0.165. The Hall–Kier alpha value is -4.13. The third kappa shape index (κ3) is 6.61. The Balaban J connectivity index is 1.71. The smallest absolute Gasteiger partial charge is 0.440 e. The summed E-state index contributed by atoms with van der Waals surface area (Å²) in [4.78, 5) is 4.64. The van der Waals surface area contributed by atoms with Crippen LogP contribution in [-0.2, 0) is 15.4 Å². The van der Waals surface area contributed by atoms with Gasteiger partial charge in [-0.15, -0.1) is 13.2 Å². The summed E-state index contributed by atoms with van der Waals surface area (Å²) in [6.07, 6.45) is -2.19. The predicted octanol–water partition coefficient (Wildman–Crippen LogP) is 7.35. The molecule has 0 saturated carbocycles. The maximum Gasteiger partial charge on any atom is 0.573 e. The molecule has 0 aliphatic rings. The van der Waals surface area contributed by atoms with Gasteiger partial charge >= 0.3 is 6.36 Å². The lowest BCUT2D eigenvalue weighted by Crippen LogP contribution is -2.17. The topological polar surface area (TPSA) is 107 Å². The lowest BCUT2D eigenvalue weighted by molar-refractivity contribution is -0.274. The van der Waals surface area contributed by atoms with Crippen LogP contribution in [0.4, 0.5) is 13.2 Å². The molecule has 224 valence electrons. The fourth-order valence-electron chi connectivity index (χ4n) is 4.51. The number of nitrogens with zero attached hydrogens (tertiary/aromatic N) is 3. The Morgan fingerprint density at radius 3 is 2.23 bits per heavy atom. The van der Waals surface area contributed by atoms with Crippen LogP contribution < -0.4 is 4.74 Å². The van der Waals surface area contributed by atoms with Crippen molar-refractivity contribution in [2.75, 3.05) is 6.26 Å². The summed E-state index contributed by atoms with van der Waals surface area (Å²) in [6, 6.07) is 16.9. The van der Waals surface area contributed by atoms with Gasteiger partial charge in [-0.25, -0.2) is 18.1 Å². The monoisotopic (exact) mass is 631 g/mol. The largest absolute Gasteiger partial charge is 0.573 e. The summed E-state index contributed by atoms with van der Waals surface area (Å²) >= 11 is 6.43. The fourth-order valence-corrected chi connectivity index (χ4v) is 5.54. The van der Waals surface area contributed by atoms with Crippen molar-refractivity contribution in [1.29, 1.82) is 0 Å². The number of halogens is 4. The number of aryl methyl sites for hydroxylation is 1. The van der Waals surface area contributed by atoms with E-state index in [1.807, 2.05) is 0 Å². The van der Waals surface area contributed by atoms with E-state index in [2.05, 4.69) is 14.8 Å². The zero-order valence-electron chi connectivity index (χ0n) is 23.3. The highest BCUT2D eigenvalue weighted by molar-refractivity contribution is 7.90. The summed E-state index contributed by atoms with van der Waals surface area (Å²) in [6.45, 7) is 4.73. The van der Waals surface area contributed by atoms with Crippen molar-refractivity contribution in [3.63, 3.8) is 0 Å². The number of aliphatic hydroxyl groups is 1. The molecule has 0 aliphatic heterocycles. The molecule has 0 atom stereocenters. The number of oxazole rings is 1. The molecule has 5 rings (SSSR count). The van der Waals surface area contributed by atoms with E-state index in [0.717, 1.165) is 6.26 Å². The standard InChI is InChI=1S/C30H25ClF3N3O5S/c1-17-35-26(18-8-11-21(12-9-18)42-30(32,33)34)27(41-17)23-15-20(19-6-5-7-22(14-19)43(4,39)40)10-13-25(23)37-16-24(31)28(36-37)29(2,3)38/h5-16,38H,1-4H3. The van der Waals surface area contributed by atoms with E-state index in [4.69, 9.17) is 16.0 Å². The van der Waals surface area contributed by atoms with Crippen molar-refractivity contribution in [1.82, 2.24) is 14.8 Å². The third-order valence-electron chi connectivity index (χ3n) is 6.43. The van der Waals surface area contributed by atoms with E-state index in [0.29, 0.717) is 33.6 Å². The maximum atomic E-state index is 12.7. The van der Waals surface area contributed by atoms with Gasteiger partial charge in [0, 0.05) is 30.5 Å². The van der Waals surface area contributed by atoms with Crippen LogP contribution >= 0.6 is 11.6 Å². The predicted molar refractivity (Wildman–Crippen MR) is 155 cm³/mol. The molecule has 0 aliphatic carbocycles. The zero-order chi connectivity index (χ0) is 31.3. The van der Waals surface area contributed by atoms with Gasteiger partial charge in [-0.1, -0.05) is 29.8 Å². The number of benzene rings is 3. The van der Waals surface area contributed by atoms with Gasteiger partial charge in [0.15, 0.2) is 21.5 Å². The highest BCUT2D eigenvalue weighted by Gasteiger charge is 2.31. The van der Waals surface area contributed by atoms with Gasteiger partial charge in [0.1, 0.15) is 22.7 Å². The van der Waals surface area contributed by atoms with Crippen LogP contribution in [-0.4, -0.2) is 40.9 Å². The summed E-state index contributed by atoms with van der Waals surface area (Å²) in [7, 11) is -3.48. The first kappa shape index (κ1) is 30.3. The third-order valence-corrected chi connectivity index (χ3v) is 7.81. The number of hydrogen-bond acceptors (Lipinski definition) is 7. The molecule has 0 fully saturated rings. The summed E-state index contributed by atoms with van der Waals surface area (Å²) in [5, 5.41) is 15.3. The van der Waals surface area contributed by atoms with Crippen molar-refractivity contribution in [2.45, 2.75) is 37.6 Å². The minimum Gasteiger partial charge on any atom is -0.440 e. The molecule has 0 amide bonds. The molecule has 0 saturated heterocycles. The molecule has 1 N–H and O–H groups in total. The van der Waals surface area contributed by atoms with E-state index < -0.39 is 27.6 Å². The van der Waals surface area contributed by atoms with Crippen molar-refractivity contribution in [3.05, 3.63) is 89.5 Å². The summed E-state index contributed by atoms with van der Waals surface area (Å²) < 4.78 is 74.1. The highest BCUT2D eigenvalue weighted by atomic mass is 35.5. The number of hydrogen-bond donors (Lipinski definition) is 1. The molecule has 0 unspecified atom stereocenters. The molecular weight excluding hydrogens is 607 g/mol. The molecule has 2 heterocycles. The van der Waals surface area contributed by atoms with Gasteiger partial charge in [-0.05, 0) is 73.5 Å². The molecule has 0 bridgehead atoms. The summed E-state index contributed by atoms with van der Waals surface area (Å²) in [5.41, 5.74) is 1.87. The molecule has 13 heteroatoms. The Morgan fingerprint density at radius 1 is 0.977 bits per heavy atom. The van der Waals surface area contributed by atoms with E-state index in [1.165, 1.54) is 41.2 Å². The van der Waals surface area contributed by atoms with Crippen molar-refractivity contribution in [2.24, 2.45) is 0 Å². The van der Waals surface area contributed by atoms with Crippen molar-refractivity contribution in [3.8, 4) is 45.1 Å². The van der Waals surface area contributed by atoms with Gasteiger partial charge < -0.3 is 14.3 Å². The quantitative estimate of drug-likeness (QED) is 0.200. The molecule has 5 aromatic rings. The second-order valence-corrected chi connectivity index (χ2v) is 12.8. The van der Waals surface area contributed by atoms with Crippen molar-refractivity contribution >= 4 is 21.4 Å². The first-order chi connectivity index (χ1) is 20.0. The number of ether oxygens (including phenoxy) is 1. The van der Waals surface area contributed by atoms with E-state index in [9.17, 15) is 26.7 Å². The Bertz CT molecular complexity index is 1930. The highest BCUT2D eigenvalue weighted by Crippen LogP contribution is 2.40. The minimum atomic E-state index is -4.84. The Morgan fingerprint density at radius 2 is 1.63 bits per heavy atom. The molecule has 3 aromatic carbocycles. The zero-order valence-corrected chi connectivity index (χ0v) is 24.8. The van der Waals surface area contributed by atoms with E-state index in [-0.39, 0.29) is 27.3 Å². The lowest BCUT2D eigenvalue weighted by Gasteiger charge is -2.15.